The number of fused-ring (bicyclic) bond motifs is 1. The number of hydrogen-bond donors (Lipinski definition) is 0. The van der Waals surface area contributed by atoms with E-state index in [4.69, 9.17) is 5.26 Å². The number of rotatable bonds is 1. The van der Waals surface area contributed by atoms with Gasteiger partial charge in [-0.05, 0) is 31.4 Å². The highest BCUT2D eigenvalue weighted by molar-refractivity contribution is 5.83. The second-order valence-corrected chi connectivity index (χ2v) is 4.18. The van der Waals surface area contributed by atoms with Gasteiger partial charge in [-0.2, -0.15) is 5.26 Å². The monoisotopic (exact) mass is 197 g/mol. The first kappa shape index (κ1) is 8.49. The summed E-state index contributed by atoms with van der Waals surface area (Å²) in [5.41, 5.74) is 2.81. The zero-order valence-electron chi connectivity index (χ0n) is 8.57. The third kappa shape index (κ3) is 1.22. The van der Waals surface area contributed by atoms with E-state index in [1.165, 1.54) is 12.8 Å². The lowest BCUT2D eigenvalue weighted by Crippen LogP contribution is -1.92. The number of pyridine rings is 1. The largest absolute Gasteiger partial charge is 0.328 e. The highest BCUT2D eigenvalue weighted by Crippen LogP contribution is 2.38. The molecule has 0 bridgehead atoms. The van der Waals surface area contributed by atoms with Crippen LogP contribution in [-0.4, -0.2) is 9.55 Å². The zero-order chi connectivity index (χ0) is 10.4. The van der Waals surface area contributed by atoms with Crippen LogP contribution in [0.5, 0.6) is 0 Å². The molecule has 0 unspecified atom stereocenters. The Hall–Kier alpha value is -1.82. The molecule has 0 spiro atoms. The van der Waals surface area contributed by atoms with Gasteiger partial charge in [0.05, 0.1) is 5.56 Å². The third-order valence-corrected chi connectivity index (χ3v) is 2.87. The second kappa shape index (κ2) is 2.83. The summed E-state index contributed by atoms with van der Waals surface area (Å²) < 4.78 is 2.15. The van der Waals surface area contributed by atoms with Crippen LogP contribution >= 0.6 is 0 Å². The van der Waals surface area contributed by atoms with Crippen LogP contribution in [0.1, 0.15) is 30.0 Å². The van der Waals surface area contributed by atoms with E-state index >= 15 is 0 Å². The Labute approximate surface area is 88.0 Å². The molecule has 15 heavy (non-hydrogen) atoms. The van der Waals surface area contributed by atoms with Gasteiger partial charge in [-0.15, -0.1) is 0 Å². The number of hydrogen-bond acceptors (Lipinski definition) is 2. The summed E-state index contributed by atoms with van der Waals surface area (Å²) in [6.07, 6.45) is 6.23. The average molecular weight is 197 g/mol. The van der Waals surface area contributed by atoms with Crippen LogP contribution in [0.3, 0.4) is 0 Å². The van der Waals surface area contributed by atoms with Gasteiger partial charge >= 0.3 is 0 Å². The number of nitriles is 1. The quantitative estimate of drug-likeness (QED) is 0.705. The van der Waals surface area contributed by atoms with E-state index in [1.54, 1.807) is 0 Å². The molecule has 0 amide bonds. The molecule has 3 nitrogen and oxygen atoms in total. The van der Waals surface area contributed by atoms with E-state index in [9.17, 15) is 0 Å². The Balaban J connectivity index is 2.34. The van der Waals surface area contributed by atoms with Crippen LogP contribution in [0, 0.1) is 18.3 Å². The molecule has 2 heterocycles. The minimum absolute atomic E-state index is 0.574. The summed E-state index contributed by atoms with van der Waals surface area (Å²) in [4.78, 5) is 4.42. The lowest BCUT2D eigenvalue weighted by Gasteiger charge is -2.00. The van der Waals surface area contributed by atoms with Gasteiger partial charge in [-0.1, -0.05) is 0 Å². The van der Waals surface area contributed by atoms with Gasteiger partial charge in [0.25, 0.3) is 0 Å². The summed E-state index contributed by atoms with van der Waals surface area (Å²) in [6.45, 7) is 2.00. The summed E-state index contributed by atoms with van der Waals surface area (Å²) in [7, 11) is 0. The first-order chi connectivity index (χ1) is 7.29. The van der Waals surface area contributed by atoms with Crippen molar-refractivity contribution in [2.24, 2.45) is 0 Å². The van der Waals surface area contributed by atoms with Gasteiger partial charge in [0.1, 0.15) is 11.7 Å². The van der Waals surface area contributed by atoms with Crippen LogP contribution in [0.2, 0.25) is 0 Å². The summed E-state index contributed by atoms with van der Waals surface area (Å²) in [5.74, 6) is 0. The fraction of sp³-hybridized carbons (Fsp3) is 0.333. The first-order valence-electron chi connectivity index (χ1n) is 5.17. The SMILES string of the molecule is Cc1cnc2c(c1)c(C#N)cn2C1CC1. The van der Waals surface area contributed by atoms with Crippen molar-refractivity contribution >= 4 is 11.0 Å². The molecule has 0 atom stereocenters. The maximum absolute atomic E-state index is 9.05. The Bertz CT molecular complexity index is 570. The van der Waals surface area contributed by atoms with E-state index in [2.05, 4.69) is 15.6 Å². The fourth-order valence-corrected chi connectivity index (χ4v) is 1.96. The van der Waals surface area contributed by atoms with E-state index < -0.39 is 0 Å². The molecule has 1 aliphatic carbocycles. The molecule has 1 saturated carbocycles. The van der Waals surface area contributed by atoms with Crippen molar-refractivity contribution < 1.29 is 0 Å². The topological polar surface area (TPSA) is 41.6 Å². The van der Waals surface area contributed by atoms with E-state index in [1.807, 2.05) is 25.4 Å². The highest BCUT2D eigenvalue weighted by atomic mass is 15.1. The lowest BCUT2D eigenvalue weighted by molar-refractivity contribution is 0.765. The molecule has 0 saturated heterocycles. The van der Waals surface area contributed by atoms with Crippen molar-refractivity contribution in [2.75, 3.05) is 0 Å². The highest BCUT2D eigenvalue weighted by Gasteiger charge is 2.26. The number of aryl methyl sites for hydroxylation is 1. The molecule has 0 aliphatic heterocycles. The molecule has 2 aromatic heterocycles. The van der Waals surface area contributed by atoms with Gasteiger partial charge in [-0.3, -0.25) is 0 Å². The minimum atomic E-state index is 0.574. The lowest BCUT2D eigenvalue weighted by atomic mass is 10.2. The molecule has 1 aliphatic rings. The first-order valence-corrected chi connectivity index (χ1v) is 5.17. The Morgan fingerprint density at radius 3 is 3.00 bits per heavy atom. The van der Waals surface area contributed by atoms with Crippen molar-refractivity contribution in [1.82, 2.24) is 9.55 Å². The predicted octanol–water partition coefficient (Wildman–Crippen LogP) is 2.55. The van der Waals surface area contributed by atoms with Crippen LogP contribution in [0.25, 0.3) is 11.0 Å². The number of nitrogens with zero attached hydrogens (tertiary/aromatic N) is 3. The van der Waals surface area contributed by atoms with Gasteiger partial charge < -0.3 is 4.57 Å². The maximum atomic E-state index is 9.05. The second-order valence-electron chi connectivity index (χ2n) is 4.18. The molecule has 1 fully saturated rings. The molecule has 0 radical (unpaired) electrons. The van der Waals surface area contributed by atoms with E-state index in [0.29, 0.717) is 6.04 Å². The fourth-order valence-electron chi connectivity index (χ4n) is 1.96. The predicted molar refractivity (Wildman–Crippen MR) is 57.5 cm³/mol. The summed E-state index contributed by atoms with van der Waals surface area (Å²) >= 11 is 0. The zero-order valence-corrected chi connectivity index (χ0v) is 8.57. The van der Waals surface area contributed by atoms with E-state index in [-0.39, 0.29) is 0 Å². The summed E-state index contributed by atoms with van der Waals surface area (Å²) in [5, 5.41) is 10.0. The van der Waals surface area contributed by atoms with Crippen molar-refractivity contribution in [3.8, 4) is 6.07 Å². The molecule has 2 aromatic rings. The Morgan fingerprint density at radius 1 is 1.53 bits per heavy atom. The van der Waals surface area contributed by atoms with Gasteiger partial charge in [-0.25, -0.2) is 4.98 Å². The van der Waals surface area contributed by atoms with Crippen molar-refractivity contribution in [2.45, 2.75) is 25.8 Å². The van der Waals surface area contributed by atoms with Crippen LogP contribution < -0.4 is 0 Å². The molecule has 0 aromatic carbocycles. The summed E-state index contributed by atoms with van der Waals surface area (Å²) in [6, 6.07) is 4.85. The third-order valence-electron chi connectivity index (χ3n) is 2.87. The molecular weight excluding hydrogens is 186 g/mol. The van der Waals surface area contributed by atoms with E-state index in [0.717, 1.165) is 22.2 Å². The van der Waals surface area contributed by atoms with Crippen LogP contribution in [0.15, 0.2) is 18.5 Å². The Morgan fingerprint density at radius 2 is 2.33 bits per heavy atom. The van der Waals surface area contributed by atoms with Crippen LogP contribution in [-0.2, 0) is 0 Å². The van der Waals surface area contributed by atoms with Gasteiger partial charge in [0, 0.05) is 23.8 Å². The van der Waals surface area contributed by atoms with Crippen molar-refractivity contribution in [3.05, 3.63) is 29.6 Å². The Kier molecular flexibility index (Phi) is 1.60. The smallest absolute Gasteiger partial charge is 0.141 e. The maximum Gasteiger partial charge on any atom is 0.141 e. The molecule has 3 heteroatoms. The van der Waals surface area contributed by atoms with Gasteiger partial charge in [0.15, 0.2) is 0 Å². The standard InChI is InChI=1S/C12H11N3/c1-8-4-11-9(5-13)7-15(10-2-3-10)12(11)14-6-8/h4,6-7,10H,2-3H2,1H3. The molecular formula is C12H11N3. The molecule has 74 valence electrons. The number of aromatic nitrogens is 2. The normalized spacial score (nSPS) is 15.5. The molecule has 0 N–H and O–H groups in total. The molecule has 3 rings (SSSR count). The average Bonchev–Trinajstić information content (AvgIpc) is 3.01. The minimum Gasteiger partial charge on any atom is -0.328 e. The van der Waals surface area contributed by atoms with Crippen LogP contribution in [0.4, 0.5) is 0 Å². The van der Waals surface area contributed by atoms with Crippen molar-refractivity contribution in [1.29, 1.82) is 5.26 Å². The van der Waals surface area contributed by atoms with Crippen molar-refractivity contribution in [3.63, 3.8) is 0 Å². The van der Waals surface area contributed by atoms with Gasteiger partial charge in [0.2, 0.25) is 0 Å².